The molecule has 3 aromatic rings. The fraction of sp³-hybridized carbons (Fsp3) is 0.350. The molecule has 140 valence electrons. The van der Waals surface area contributed by atoms with Gasteiger partial charge in [0.1, 0.15) is 5.82 Å². The zero-order valence-electron chi connectivity index (χ0n) is 15.2. The Bertz CT molecular complexity index is 977. The lowest BCUT2D eigenvalue weighted by Crippen LogP contribution is -2.28. The number of nitrogens with zero attached hydrogens (tertiary/aromatic N) is 3. The van der Waals surface area contributed by atoms with Crippen molar-refractivity contribution in [1.29, 1.82) is 0 Å². The van der Waals surface area contributed by atoms with Crippen LogP contribution >= 0.6 is 0 Å². The quantitative estimate of drug-likeness (QED) is 0.740. The second-order valence-corrected chi connectivity index (χ2v) is 6.79. The Morgan fingerprint density at radius 1 is 1.26 bits per heavy atom. The largest absolute Gasteiger partial charge is 0.390 e. The molecule has 3 heterocycles. The van der Waals surface area contributed by atoms with Crippen LogP contribution < -0.4 is 5.32 Å². The Hall–Kier alpha value is -2.77. The Morgan fingerprint density at radius 2 is 2.07 bits per heavy atom. The minimum absolute atomic E-state index is 0.00358. The van der Waals surface area contributed by atoms with E-state index in [-0.39, 0.29) is 18.4 Å². The number of carbonyl (C=O) groups excluding carboxylic acids is 1. The van der Waals surface area contributed by atoms with Crippen molar-refractivity contribution in [2.75, 3.05) is 18.5 Å². The van der Waals surface area contributed by atoms with Crippen LogP contribution in [0.4, 0.5) is 5.82 Å². The summed E-state index contributed by atoms with van der Waals surface area (Å²) in [6, 6.07) is 7.87. The van der Waals surface area contributed by atoms with Gasteiger partial charge in [-0.2, -0.15) is 5.10 Å². The van der Waals surface area contributed by atoms with Crippen molar-refractivity contribution >= 4 is 22.5 Å². The number of amides is 1. The molecule has 1 fully saturated rings. The van der Waals surface area contributed by atoms with Gasteiger partial charge in [-0.25, -0.2) is 4.98 Å². The zero-order valence-corrected chi connectivity index (χ0v) is 15.2. The van der Waals surface area contributed by atoms with Crippen LogP contribution in [0.3, 0.4) is 0 Å². The second kappa shape index (κ2) is 7.46. The minimum atomic E-state index is -0.0768. The predicted octanol–water partition coefficient (Wildman–Crippen LogP) is 2.49. The highest BCUT2D eigenvalue weighted by atomic mass is 16.5. The summed E-state index contributed by atoms with van der Waals surface area (Å²) in [5, 5.41) is 18.7. The number of hydrogen-bond acceptors (Lipinski definition) is 5. The van der Waals surface area contributed by atoms with Gasteiger partial charge >= 0.3 is 0 Å². The first-order chi connectivity index (χ1) is 13.2. The molecule has 27 heavy (non-hydrogen) atoms. The van der Waals surface area contributed by atoms with E-state index in [2.05, 4.69) is 15.4 Å². The average molecular weight is 366 g/mol. The molecule has 1 aliphatic rings. The summed E-state index contributed by atoms with van der Waals surface area (Å²) in [6.07, 6.45) is 5.00. The van der Waals surface area contributed by atoms with Crippen molar-refractivity contribution in [2.24, 2.45) is 13.0 Å². The molecule has 0 bridgehead atoms. The van der Waals surface area contributed by atoms with Crippen molar-refractivity contribution in [1.82, 2.24) is 14.8 Å². The number of aliphatic hydroxyl groups excluding tert-OH is 1. The molecule has 0 spiro atoms. The lowest BCUT2D eigenvalue weighted by Gasteiger charge is -2.21. The fourth-order valence-electron chi connectivity index (χ4n) is 3.46. The van der Waals surface area contributed by atoms with Gasteiger partial charge in [0, 0.05) is 43.3 Å². The maximum Gasteiger partial charge on any atom is 0.228 e. The number of aryl methyl sites for hydroxylation is 1. The minimum Gasteiger partial charge on any atom is -0.390 e. The van der Waals surface area contributed by atoms with Crippen LogP contribution in [0.2, 0.25) is 0 Å². The third-order valence-corrected chi connectivity index (χ3v) is 5.09. The van der Waals surface area contributed by atoms with Crippen molar-refractivity contribution in [2.45, 2.75) is 19.4 Å². The molecule has 1 amide bonds. The SMILES string of the molecule is Cn1ncc(-c2ccc3cnc(NC(=O)C4CCOCC4)cc3c2)c1CO. The van der Waals surface area contributed by atoms with Gasteiger partial charge in [0.2, 0.25) is 5.91 Å². The van der Waals surface area contributed by atoms with E-state index in [1.807, 2.05) is 31.3 Å². The third-order valence-electron chi connectivity index (χ3n) is 5.09. The van der Waals surface area contributed by atoms with Crippen LogP contribution in [0.5, 0.6) is 0 Å². The molecule has 2 aromatic heterocycles. The van der Waals surface area contributed by atoms with Crippen LogP contribution in [0.15, 0.2) is 36.7 Å². The molecule has 0 atom stereocenters. The molecular formula is C20H22N4O3. The van der Waals surface area contributed by atoms with Gasteiger partial charge < -0.3 is 15.2 Å². The number of pyridine rings is 1. The number of aliphatic hydroxyl groups is 1. The third kappa shape index (κ3) is 3.56. The summed E-state index contributed by atoms with van der Waals surface area (Å²) in [7, 11) is 1.81. The topological polar surface area (TPSA) is 89.3 Å². The first kappa shape index (κ1) is 17.6. The van der Waals surface area contributed by atoms with Crippen LogP contribution in [0.25, 0.3) is 21.9 Å². The van der Waals surface area contributed by atoms with Crippen molar-refractivity contribution in [3.63, 3.8) is 0 Å². The van der Waals surface area contributed by atoms with Gasteiger partial charge in [0.15, 0.2) is 0 Å². The van der Waals surface area contributed by atoms with E-state index in [0.29, 0.717) is 19.0 Å². The first-order valence-electron chi connectivity index (χ1n) is 9.06. The number of rotatable bonds is 4. The van der Waals surface area contributed by atoms with E-state index in [4.69, 9.17) is 4.74 Å². The van der Waals surface area contributed by atoms with E-state index in [1.54, 1.807) is 17.1 Å². The Labute approximate surface area is 157 Å². The fourth-order valence-corrected chi connectivity index (χ4v) is 3.46. The monoisotopic (exact) mass is 366 g/mol. The molecule has 1 aliphatic heterocycles. The van der Waals surface area contributed by atoms with E-state index in [9.17, 15) is 9.90 Å². The number of ether oxygens (including phenoxy) is 1. The highest BCUT2D eigenvalue weighted by molar-refractivity contribution is 5.95. The zero-order chi connectivity index (χ0) is 18.8. The van der Waals surface area contributed by atoms with Gasteiger partial charge in [-0.3, -0.25) is 9.48 Å². The van der Waals surface area contributed by atoms with Gasteiger partial charge in [0.25, 0.3) is 0 Å². The number of hydrogen-bond donors (Lipinski definition) is 2. The molecule has 7 nitrogen and oxygen atoms in total. The smallest absolute Gasteiger partial charge is 0.228 e. The molecule has 2 N–H and O–H groups in total. The molecular weight excluding hydrogens is 344 g/mol. The normalized spacial score (nSPS) is 15.2. The van der Waals surface area contributed by atoms with Crippen LogP contribution in [0.1, 0.15) is 18.5 Å². The molecule has 0 aliphatic carbocycles. The summed E-state index contributed by atoms with van der Waals surface area (Å²) in [5.74, 6) is 0.519. The molecule has 0 saturated carbocycles. The molecule has 1 aromatic carbocycles. The lowest BCUT2D eigenvalue weighted by atomic mass is 9.99. The van der Waals surface area contributed by atoms with Crippen molar-refractivity contribution in [3.05, 3.63) is 42.4 Å². The van der Waals surface area contributed by atoms with Crippen molar-refractivity contribution < 1.29 is 14.6 Å². The molecule has 0 radical (unpaired) electrons. The van der Waals surface area contributed by atoms with Crippen LogP contribution in [-0.2, 0) is 23.2 Å². The van der Waals surface area contributed by atoms with E-state index < -0.39 is 0 Å². The predicted molar refractivity (Wildman–Crippen MR) is 102 cm³/mol. The Balaban J connectivity index is 1.62. The Kier molecular flexibility index (Phi) is 4.87. The second-order valence-electron chi connectivity index (χ2n) is 6.79. The Morgan fingerprint density at radius 3 is 2.85 bits per heavy atom. The summed E-state index contributed by atoms with van der Waals surface area (Å²) in [5.41, 5.74) is 2.62. The number of carbonyl (C=O) groups is 1. The first-order valence-corrected chi connectivity index (χ1v) is 9.06. The highest BCUT2D eigenvalue weighted by Gasteiger charge is 2.22. The number of nitrogens with one attached hydrogen (secondary N) is 1. The molecule has 7 heteroatoms. The van der Waals surface area contributed by atoms with Crippen LogP contribution in [0, 0.1) is 5.92 Å². The highest BCUT2D eigenvalue weighted by Crippen LogP contribution is 2.28. The van der Waals surface area contributed by atoms with Crippen molar-refractivity contribution in [3.8, 4) is 11.1 Å². The van der Waals surface area contributed by atoms with Gasteiger partial charge in [-0.05, 0) is 35.9 Å². The standard InChI is InChI=1S/C20H22N4O3/c1-24-18(12-25)17(11-22-24)14-2-3-15-10-21-19(9-16(15)8-14)23-20(26)13-4-6-27-7-5-13/h2-3,8-11,13,25H,4-7,12H2,1H3,(H,21,23,26). The maximum absolute atomic E-state index is 12.4. The molecule has 1 saturated heterocycles. The summed E-state index contributed by atoms with van der Waals surface area (Å²) in [4.78, 5) is 16.8. The number of aromatic nitrogens is 3. The number of benzene rings is 1. The van der Waals surface area contributed by atoms with Gasteiger partial charge in [-0.1, -0.05) is 12.1 Å². The number of fused-ring (bicyclic) bond motifs is 1. The number of anilines is 1. The van der Waals surface area contributed by atoms with E-state index >= 15 is 0 Å². The summed E-state index contributed by atoms with van der Waals surface area (Å²) in [6.45, 7) is 1.18. The van der Waals surface area contributed by atoms with E-state index in [0.717, 1.165) is 40.4 Å². The van der Waals surface area contributed by atoms with Gasteiger partial charge in [0.05, 0.1) is 18.5 Å². The van der Waals surface area contributed by atoms with Gasteiger partial charge in [-0.15, -0.1) is 0 Å². The lowest BCUT2D eigenvalue weighted by molar-refractivity contribution is -0.122. The van der Waals surface area contributed by atoms with Crippen LogP contribution in [-0.4, -0.2) is 39.0 Å². The average Bonchev–Trinajstić information content (AvgIpc) is 3.08. The van der Waals surface area contributed by atoms with E-state index in [1.165, 1.54) is 0 Å². The summed E-state index contributed by atoms with van der Waals surface area (Å²) >= 11 is 0. The maximum atomic E-state index is 12.4. The molecule has 4 rings (SSSR count). The molecule has 0 unspecified atom stereocenters. The summed E-state index contributed by atoms with van der Waals surface area (Å²) < 4.78 is 6.99.